The average molecular weight is 236 g/mol. The molecule has 5 nitrogen and oxygen atoms in total. The van der Waals surface area contributed by atoms with E-state index in [1.165, 1.54) is 0 Å². The lowest BCUT2D eigenvalue weighted by Crippen LogP contribution is -2.48. The monoisotopic (exact) mass is 236 g/mol. The molecule has 0 aliphatic carbocycles. The molecule has 1 aliphatic rings. The Morgan fingerprint density at radius 2 is 2.24 bits per heavy atom. The second kappa shape index (κ2) is 4.87. The van der Waals surface area contributed by atoms with Crippen molar-refractivity contribution in [3.63, 3.8) is 0 Å². The maximum absolute atomic E-state index is 12.1. The van der Waals surface area contributed by atoms with Gasteiger partial charge in [0.15, 0.2) is 5.82 Å². The molecule has 1 aromatic rings. The number of piperidine rings is 1. The Kier molecular flexibility index (Phi) is 3.47. The highest BCUT2D eigenvalue weighted by molar-refractivity contribution is 5.94. The lowest BCUT2D eigenvalue weighted by atomic mass is 9.92. The average Bonchev–Trinajstić information content (AvgIpc) is 2.61. The first kappa shape index (κ1) is 12.1. The van der Waals surface area contributed by atoms with Crippen molar-refractivity contribution in [3.05, 3.63) is 11.3 Å². The summed E-state index contributed by atoms with van der Waals surface area (Å²) in [6.07, 6.45) is 2.25. The highest BCUT2D eigenvalue weighted by atomic mass is 16.2. The predicted octanol–water partition coefficient (Wildman–Crippen LogP) is 1.35. The van der Waals surface area contributed by atoms with Crippen molar-refractivity contribution in [3.8, 4) is 0 Å². The minimum atomic E-state index is -0.0971. The summed E-state index contributed by atoms with van der Waals surface area (Å²) >= 11 is 0. The molecule has 0 spiro atoms. The molecule has 1 amide bonds. The molecule has 2 atom stereocenters. The summed E-state index contributed by atoms with van der Waals surface area (Å²) in [4.78, 5) is 12.1. The summed E-state index contributed by atoms with van der Waals surface area (Å²) in [6.45, 7) is 6.92. The summed E-state index contributed by atoms with van der Waals surface area (Å²) in [5.74, 6) is 1.04. The standard InChI is InChI=1S/C12H20N4O/c1-7-5-4-6-13-10(7)12(17)14-11-8(2)9(3)15-16-11/h7,10,13H,4-6H2,1-3H3,(H2,14,15,16,17). The van der Waals surface area contributed by atoms with Crippen LogP contribution >= 0.6 is 0 Å². The molecule has 0 bridgehead atoms. The zero-order valence-corrected chi connectivity index (χ0v) is 10.6. The smallest absolute Gasteiger partial charge is 0.242 e. The van der Waals surface area contributed by atoms with Crippen LogP contribution in [0.2, 0.25) is 0 Å². The van der Waals surface area contributed by atoms with Gasteiger partial charge in [0.2, 0.25) is 5.91 Å². The number of anilines is 1. The Bertz CT molecular complexity index is 413. The number of nitrogens with one attached hydrogen (secondary N) is 3. The van der Waals surface area contributed by atoms with Gasteiger partial charge in [-0.05, 0) is 39.2 Å². The first-order valence-electron chi connectivity index (χ1n) is 6.15. The molecule has 1 aromatic heterocycles. The minimum absolute atomic E-state index is 0.0202. The van der Waals surface area contributed by atoms with E-state index in [4.69, 9.17) is 0 Å². The van der Waals surface area contributed by atoms with Crippen LogP contribution < -0.4 is 10.6 Å². The normalized spacial score (nSPS) is 24.6. The van der Waals surface area contributed by atoms with Gasteiger partial charge in [-0.3, -0.25) is 9.89 Å². The third kappa shape index (κ3) is 2.49. The number of amides is 1. The number of hydrogen-bond donors (Lipinski definition) is 3. The maximum atomic E-state index is 12.1. The first-order chi connectivity index (χ1) is 8.09. The van der Waals surface area contributed by atoms with Crippen LogP contribution in [0.25, 0.3) is 0 Å². The van der Waals surface area contributed by atoms with Crippen LogP contribution in [0.5, 0.6) is 0 Å². The molecule has 1 saturated heterocycles. The highest BCUT2D eigenvalue weighted by Gasteiger charge is 2.28. The van der Waals surface area contributed by atoms with Gasteiger partial charge in [-0.15, -0.1) is 0 Å². The van der Waals surface area contributed by atoms with Gasteiger partial charge in [0, 0.05) is 11.3 Å². The van der Waals surface area contributed by atoms with E-state index >= 15 is 0 Å². The van der Waals surface area contributed by atoms with Crippen LogP contribution in [0.4, 0.5) is 5.82 Å². The minimum Gasteiger partial charge on any atom is -0.308 e. The van der Waals surface area contributed by atoms with Crippen LogP contribution in [0.3, 0.4) is 0 Å². The molecule has 5 heteroatoms. The Morgan fingerprint density at radius 3 is 2.82 bits per heavy atom. The molecule has 1 aliphatic heterocycles. The summed E-state index contributed by atoms with van der Waals surface area (Å²) in [5, 5.41) is 13.1. The molecule has 17 heavy (non-hydrogen) atoms. The van der Waals surface area contributed by atoms with E-state index < -0.39 is 0 Å². The highest BCUT2D eigenvalue weighted by Crippen LogP contribution is 2.19. The summed E-state index contributed by atoms with van der Waals surface area (Å²) in [7, 11) is 0. The van der Waals surface area contributed by atoms with E-state index in [9.17, 15) is 4.79 Å². The number of carbonyl (C=O) groups is 1. The van der Waals surface area contributed by atoms with Gasteiger partial charge < -0.3 is 10.6 Å². The van der Waals surface area contributed by atoms with Gasteiger partial charge >= 0.3 is 0 Å². The first-order valence-corrected chi connectivity index (χ1v) is 6.15. The van der Waals surface area contributed by atoms with E-state index in [2.05, 4.69) is 27.8 Å². The van der Waals surface area contributed by atoms with E-state index in [0.717, 1.165) is 30.6 Å². The molecule has 2 heterocycles. The molecule has 2 rings (SSSR count). The molecular weight excluding hydrogens is 216 g/mol. The van der Waals surface area contributed by atoms with Gasteiger partial charge in [0.25, 0.3) is 0 Å². The fraction of sp³-hybridized carbons (Fsp3) is 0.667. The number of aryl methyl sites for hydroxylation is 1. The van der Waals surface area contributed by atoms with Crippen molar-refractivity contribution in [2.24, 2.45) is 5.92 Å². The third-order valence-corrected chi connectivity index (χ3v) is 3.55. The van der Waals surface area contributed by atoms with Gasteiger partial charge in [-0.1, -0.05) is 6.92 Å². The molecule has 94 valence electrons. The number of aromatic nitrogens is 2. The third-order valence-electron chi connectivity index (χ3n) is 3.55. The maximum Gasteiger partial charge on any atom is 0.242 e. The lowest BCUT2D eigenvalue weighted by molar-refractivity contribution is -0.119. The second-order valence-electron chi connectivity index (χ2n) is 4.86. The fourth-order valence-electron chi connectivity index (χ4n) is 2.20. The molecular formula is C12H20N4O. The zero-order valence-electron chi connectivity index (χ0n) is 10.6. The topological polar surface area (TPSA) is 69.8 Å². The molecule has 0 saturated carbocycles. The number of aromatic amines is 1. The summed E-state index contributed by atoms with van der Waals surface area (Å²) in [5.41, 5.74) is 1.99. The van der Waals surface area contributed by atoms with Crippen molar-refractivity contribution < 1.29 is 4.79 Å². The van der Waals surface area contributed by atoms with Crippen molar-refractivity contribution in [2.45, 2.75) is 39.7 Å². The molecule has 2 unspecified atom stereocenters. The van der Waals surface area contributed by atoms with Gasteiger partial charge in [-0.2, -0.15) is 5.10 Å². The van der Waals surface area contributed by atoms with E-state index in [1.54, 1.807) is 0 Å². The Labute approximate surface area is 101 Å². The zero-order chi connectivity index (χ0) is 12.4. The largest absolute Gasteiger partial charge is 0.308 e. The molecule has 0 radical (unpaired) electrons. The summed E-state index contributed by atoms with van der Waals surface area (Å²) in [6, 6.07) is -0.0971. The molecule has 0 aromatic carbocycles. The van der Waals surface area contributed by atoms with Crippen molar-refractivity contribution in [1.29, 1.82) is 0 Å². The van der Waals surface area contributed by atoms with Crippen molar-refractivity contribution >= 4 is 11.7 Å². The fourth-order valence-corrected chi connectivity index (χ4v) is 2.20. The lowest BCUT2D eigenvalue weighted by Gasteiger charge is -2.28. The quantitative estimate of drug-likeness (QED) is 0.726. The SMILES string of the molecule is Cc1[nH]nc(NC(=O)C2NCCCC2C)c1C. The van der Waals surface area contributed by atoms with Gasteiger partial charge in [0.1, 0.15) is 0 Å². The molecule has 1 fully saturated rings. The van der Waals surface area contributed by atoms with Crippen LogP contribution in [-0.4, -0.2) is 28.7 Å². The van der Waals surface area contributed by atoms with E-state index in [1.807, 2.05) is 13.8 Å². The molecule has 3 N–H and O–H groups in total. The number of carbonyl (C=O) groups excluding carboxylic acids is 1. The predicted molar refractivity (Wildman–Crippen MR) is 66.9 cm³/mol. The number of nitrogens with zero attached hydrogens (tertiary/aromatic N) is 1. The van der Waals surface area contributed by atoms with Crippen LogP contribution in [0.15, 0.2) is 0 Å². The Morgan fingerprint density at radius 1 is 1.47 bits per heavy atom. The van der Waals surface area contributed by atoms with Crippen LogP contribution in [-0.2, 0) is 4.79 Å². The van der Waals surface area contributed by atoms with Crippen LogP contribution in [0, 0.1) is 19.8 Å². The number of H-pyrrole nitrogens is 1. The Hall–Kier alpha value is -1.36. The Balaban J connectivity index is 2.03. The van der Waals surface area contributed by atoms with Gasteiger partial charge in [0.05, 0.1) is 6.04 Å². The number of hydrogen-bond acceptors (Lipinski definition) is 3. The van der Waals surface area contributed by atoms with E-state index in [-0.39, 0.29) is 11.9 Å². The van der Waals surface area contributed by atoms with Crippen LogP contribution in [0.1, 0.15) is 31.0 Å². The summed E-state index contributed by atoms with van der Waals surface area (Å²) < 4.78 is 0. The van der Waals surface area contributed by atoms with Crippen molar-refractivity contribution in [1.82, 2.24) is 15.5 Å². The van der Waals surface area contributed by atoms with Crippen molar-refractivity contribution in [2.75, 3.05) is 11.9 Å². The van der Waals surface area contributed by atoms with Gasteiger partial charge in [-0.25, -0.2) is 0 Å². The second-order valence-corrected chi connectivity index (χ2v) is 4.86. The van der Waals surface area contributed by atoms with E-state index in [0.29, 0.717) is 11.7 Å². The number of rotatable bonds is 2.